The van der Waals surface area contributed by atoms with Gasteiger partial charge in [0.15, 0.2) is 8.32 Å². The SMILES string of the molecule is CCCC[C@H](O[Si](C)(C)C(C)(C)C)[C@@H](N)CCCC. The molecule has 3 heteroatoms. The monoisotopic (exact) mass is 287 g/mol. The van der Waals surface area contributed by atoms with Crippen LogP contribution in [0.5, 0.6) is 0 Å². The van der Waals surface area contributed by atoms with Crippen LogP contribution in [0.15, 0.2) is 0 Å². The molecule has 0 aromatic carbocycles. The molecule has 0 aliphatic carbocycles. The van der Waals surface area contributed by atoms with Crippen molar-refractivity contribution in [3.63, 3.8) is 0 Å². The van der Waals surface area contributed by atoms with Crippen molar-refractivity contribution in [1.29, 1.82) is 0 Å². The van der Waals surface area contributed by atoms with Crippen LogP contribution >= 0.6 is 0 Å². The first-order valence-corrected chi connectivity index (χ1v) is 11.0. The average Bonchev–Trinajstić information content (AvgIpc) is 2.29. The molecule has 0 aromatic heterocycles. The molecule has 0 rings (SSSR count). The molecule has 2 nitrogen and oxygen atoms in total. The van der Waals surface area contributed by atoms with E-state index in [9.17, 15) is 0 Å². The van der Waals surface area contributed by atoms with Crippen LogP contribution in [0.3, 0.4) is 0 Å². The third kappa shape index (κ3) is 6.91. The normalized spacial score (nSPS) is 16.4. The van der Waals surface area contributed by atoms with Crippen molar-refractivity contribution in [2.24, 2.45) is 5.73 Å². The van der Waals surface area contributed by atoms with Crippen molar-refractivity contribution in [3.8, 4) is 0 Å². The lowest BCUT2D eigenvalue weighted by molar-refractivity contribution is 0.135. The van der Waals surface area contributed by atoms with Crippen molar-refractivity contribution < 1.29 is 4.43 Å². The van der Waals surface area contributed by atoms with E-state index in [1.54, 1.807) is 0 Å². The summed E-state index contributed by atoms with van der Waals surface area (Å²) < 4.78 is 6.58. The van der Waals surface area contributed by atoms with E-state index in [4.69, 9.17) is 10.2 Å². The maximum absolute atomic E-state index is 6.58. The lowest BCUT2D eigenvalue weighted by atomic mass is 10.0. The van der Waals surface area contributed by atoms with Crippen molar-refractivity contribution in [1.82, 2.24) is 0 Å². The van der Waals surface area contributed by atoms with E-state index in [1.807, 2.05) is 0 Å². The molecule has 0 saturated heterocycles. The zero-order valence-corrected chi connectivity index (χ0v) is 15.4. The quantitative estimate of drug-likeness (QED) is 0.600. The van der Waals surface area contributed by atoms with Crippen LogP contribution in [0.2, 0.25) is 18.1 Å². The molecule has 0 heterocycles. The third-order valence-corrected chi connectivity index (χ3v) is 8.97. The molecule has 0 radical (unpaired) electrons. The molecular formula is C16H37NOSi. The summed E-state index contributed by atoms with van der Waals surface area (Å²) >= 11 is 0. The van der Waals surface area contributed by atoms with E-state index in [0.29, 0.717) is 0 Å². The Labute approximate surface area is 122 Å². The summed E-state index contributed by atoms with van der Waals surface area (Å²) in [5.41, 5.74) is 6.39. The first-order valence-electron chi connectivity index (χ1n) is 8.09. The minimum atomic E-state index is -1.70. The van der Waals surface area contributed by atoms with Crippen LogP contribution in [-0.2, 0) is 4.43 Å². The Kier molecular flexibility index (Phi) is 8.49. The van der Waals surface area contributed by atoms with E-state index in [0.717, 1.165) is 12.8 Å². The van der Waals surface area contributed by atoms with Gasteiger partial charge in [-0.05, 0) is 31.0 Å². The summed E-state index contributed by atoms with van der Waals surface area (Å²) in [4.78, 5) is 0. The van der Waals surface area contributed by atoms with Gasteiger partial charge in [0, 0.05) is 6.04 Å². The largest absolute Gasteiger partial charge is 0.412 e. The van der Waals surface area contributed by atoms with E-state index in [1.165, 1.54) is 25.7 Å². The van der Waals surface area contributed by atoms with E-state index in [2.05, 4.69) is 47.7 Å². The van der Waals surface area contributed by atoms with Gasteiger partial charge in [-0.3, -0.25) is 0 Å². The predicted octanol–water partition coefficient (Wildman–Crippen LogP) is 5.08. The highest BCUT2D eigenvalue weighted by molar-refractivity contribution is 6.74. The summed E-state index contributed by atoms with van der Waals surface area (Å²) in [6.07, 6.45) is 7.34. The second-order valence-electron chi connectivity index (χ2n) is 7.36. The Balaban J connectivity index is 4.66. The third-order valence-electron chi connectivity index (χ3n) is 4.46. The topological polar surface area (TPSA) is 35.2 Å². The van der Waals surface area contributed by atoms with E-state index >= 15 is 0 Å². The van der Waals surface area contributed by atoms with Crippen LogP contribution in [0.4, 0.5) is 0 Å². The highest BCUT2D eigenvalue weighted by Crippen LogP contribution is 2.38. The van der Waals surface area contributed by atoms with Crippen LogP contribution in [0, 0.1) is 0 Å². The molecule has 0 saturated carbocycles. The van der Waals surface area contributed by atoms with E-state index < -0.39 is 8.32 Å². The lowest BCUT2D eigenvalue weighted by Gasteiger charge is -2.41. The number of hydrogen-bond donors (Lipinski definition) is 1. The average molecular weight is 288 g/mol. The van der Waals surface area contributed by atoms with Crippen molar-refractivity contribution in [2.75, 3.05) is 0 Å². The Bertz CT molecular complexity index is 235. The molecule has 19 heavy (non-hydrogen) atoms. The maximum Gasteiger partial charge on any atom is 0.192 e. The van der Waals surface area contributed by atoms with Gasteiger partial charge in [0.05, 0.1) is 6.10 Å². The Hall–Kier alpha value is 0.137. The standard InChI is InChI=1S/C16H37NOSi/c1-8-10-12-14(17)15(13-11-9-2)18-19(6,7)16(3,4)5/h14-15H,8-13,17H2,1-7H3/t14-,15-/m0/s1. The molecule has 0 unspecified atom stereocenters. The van der Waals surface area contributed by atoms with Gasteiger partial charge in [0.25, 0.3) is 0 Å². The van der Waals surface area contributed by atoms with Crippen LogP contribution in [0.1, 0.15) is 73.1 Å². The molecule has 0 spiro atoms. The summed E-state index contributed by atoms with van der Waals surface area (Å²) in [7, 11) is -1.70. The van der Waals surface area contributed by atoms with Gasteiger partial charge in [-0.2, -0.15) is 0 Å². The molecule has 116 valence electrons. The molecule has 0 fully saturated rings. The van der Waals surface area contributed by atoms with E-state index in [-0.39, 0.29) is 17.2 Å². The van der Waals surface area contributed by atoms with Gasteiger partial charge < -0.3 is 10.2 Å². The molecule has 0 aliphatic rings. The summed E-state index contributed by atoms with van der Waals surface area (Å²) in [5, 5.41) is 0.266. The number of rotatable bonds is 9. The second kappa shape index (κ2) is 8.43. The zero-order valence-electron chi connectivity index (χ0n) is 14.4. The molecule has 0 aromatic rings. The zero-order chi connectivity index (χ0) is 15.1. The summed E-state index contributed by atoms with van der Waals surface area (Å²) in [6.45, 7) is 16.0. The van der Waals surface area contributed by atoms with Crippen molar-refractivity contribution >= 4 is 8.32 Å². The van der Waals surface area contributed by atoms with Crippen LogP contribution in [0.25, 0.3) is 0 Å². The van der Waals surface area contributed by atoms with Gasteiger partial charge in [-0.1, -0.05) is 60.3 Å². The fourth-order valence-corrected chi connectivity index (χ4v) is 3.35. The van der Waals surface area contributed by atoms with Crippen molar-refractivity contribution in [3.05, 3.63) is 0 Å². The fraction of sp³-hybridized carbons (Fsp3) is 1.00. The number of hydrogen-bond acceptors (Lipinski definition) is 2. The summed E-state index contributed by atoms with van der Waals surface area (Å²) in [5.74, 6) is 0. The van der Waals surface area contributed by atoms with Gasteiger partial charge in [0.2, 0.25) is 0 Å². The first-order chi connectivity index (χ1) is 8.65. The van der Waals surface area contributed by atoms with Gasteiger partial charge in [-0.25, -0.2) is 0 Å². The number of nitrogens with two attached hydrogens (primary N) is 1. The molecule has 0 amide bonds. The summed E-state index contributed by atoms with van der Waals surface area (Å²) in [6, 6.07) is 0.209. The highest BCUT2D eigenvalue weighted by Gasteiger charge is 2.39. The second-order valence-corrected chi connectivity index (χ2v) is 12.1. The Morgan fingerprint density at radius 1 is 1.00 bits per heavy atom. The number of unbranched alkanes of at least 4 members (excludes halogenated alkanes) is 2. The smallest absolute Gasteiger partial charge is 0.192 e. The molecular weight excluding hydrogens is 250 g/mol. The minimum absolute atomic E-state index is 0.209. The minimum Gasteiger partial charge on any atom is -0.412 e. The molecule has 0 aliphatic heterocycles. The van der Waals surface area contributed by atoms with Crippen LogP contribution < -0.4 is 5.73 Å². The van der Waals surface area contributed by atoms with Crippen LogP contribution in [-0.4, -0.2) is 20.5 Å². The lowest BCUT2D eigenvalue weighted by Crippen LogP contribution is -2.49. The predicted molar refractivity (Wildman–Crippen MR) is 89.1 cm³/mol. The Morgan fingerprint density at radius 3 is 1.89 bits per heavy atom. The Morgan fingerprint density at radius 2 is 1.47 bits per heavy atom. The molecule has 2 N–H and O–H groups in total. The molecule has 0 bridgehead atoms. The van der Waals surface area contributed by atoms with Crippen molar-refractivity contribution in [2.45, 2.75) is 103 Å². The molecule has 2 atom stereocenters. The van der Waals surface area contributed by atoms with Gasteiger partial charge in [-0.15, -0.1) is 0 Å². The van der Waals surface area contributed by atoms with Gasteiger partial charge in [0.1, 0.15) is 0 Å². The highest BCUT2D eigenvalue weighted by atomic mass is 28.4. The fourth-order valence-electron chi connectivity index (χ4n) is 1.95. The van der Waals surface area contributed by atoms with Gasteiger partial charge >= 0.3 is 0 Å². The maximum atomic E-state index is 6.58. The first kappa shape index (κ1) is 19.1.